The molecule has 0 heterocycles. The van der Waals surface area contributed by atoms with E-state index in [0.29, 0.717) is 13.2 Å². The summed E-state index contributed by atoms with van der Waals surface area (Å²) in [7, 11) is 0.0997. The largest absolute Gasteiger partial charge is 0.383 e. The topological polar surface area (TPSA) is 58.6 Å². The lowest BCUT2D eigenvalue weighted by Crippen LogP contribution is -2.39. The van der Waals surface area contributed by atoms with Crippen molar-refractivity contribution in [1.29, 1.82) is 0 Å². The molecule has 120 valence electrons. The van der Waals surface area contributed by atoms with Gasteiger partial charge in [0.2, 0.25) is 10.0 Å². The molecular formula is C15H26N2O3S. The fourth-order valence-electron chi connectivity index (χ4n) is 2.23. The standard InChI is InChI=1S/C15H26N2O3S/c1-13(2)17(8-9-20-4)21(18,19)12-15-7-5-6-14(10-15)11-16-3/h5-7,10,13,16H,8-9,11-12H2,1-4H3. The lowest BCUT2D eigenvalue weighted by Gasteiger charge is -2.25. The minimum atomic E-state index is -3.35. The van der Waals surface area contributed by atoms with E-state index in [1.807, 2.05) is 45.2 Å². The number of ether oxygens (including phenoxy) is 1. The molecule has 0 atom stereocenters. The van der Waals surface area contributed by atoms with Crippen LogP contribution in [0, 0.1) is 0 Å². The fourth-order valence-corrected chi connectivity index (χ4v) is 3.99. The summed E-state index contributed by atoms with van der Waals surface area (Å²) in [6, 6.07) is 7.59. The summed E-state index contributed by atoms with van der Waals surface area (Å²) in [6.45, 7) is 5.27. The van der Waals surface area contributed by atoms with Crippen LogP contribution in [-0.4, -0.2) is 46.1 Å². The van der Waals surface area contributed by atoms with Crippen molar-refractivity contribution in [1.82, 2.24) is 9.62 Å². The maximum Gasteiger partial charge on any atom is 0.218 e. The van der Waals surface area contributed by atoms with Gasteiger partial charge in [-0.25, -0.2) is 8.42 Å². The summed E-state index contributed by atoms with van der Waals surface area (Å²) in [5.41, 5.74) is 1.89. The Labute approximate surface area is 128 Å². The van der Waals surface area contributed by atoms with E-state index >= 15 is 0 Å². The molecule has 1 aromatic carbocycles. The van der Waals surface area contributed by atoms with Gasteiger partial charge >= 0.3 is 0 Å². The van der Waals surface area contributed by atoms with E-state index in [1.54, 1.807) is 7.11 Å². The summed E-state index contributed by atoms with van der Waals surface area (Å²) in [4.78, 5) is 0. The van der Waals surface area contributed by atoms with E-state index in [4.69, 9.17) is 4.74 Å². The first-order valence-electron chi connectivity index (χ1n) is 7.11. The maximum absolute atomic E-state index is 12.6. The third kappa shape index (κ3) is 5.74. The highest BCUT2D eigenvalue weighted by Gasteiger charge is 2.24. The summed E-state index contributed by atoms with van der Waals surface area (Å²) in [5, 5.41) is 3.07. The van der Waals surface area contributed by atoms with Crippen LogP contribution in [0.3, 0.4) is 0 Å². The average Bonchev–Trinajstić information content (AvgIpc) is 2.38. The van der Waals surface area contributed by atoms with Gasteiger partial charge in [-0.3, -0.25) is 0 Å². The van der Waals surface area contributed by atoms with Crippen molar-refractivity contribution in [3.05, 3.63) is 35.4 Å². The molecule has 1 aromatic rings. The zero-order valence-electron chi connectivity index (χ0n) is 13.3. The summed E-state index contributed by atoms with van der Waals surface area (Å²) in [5.74, 6) is 0.0203. The minimum absolute atomic E-state index is 0.0203. The van der Waals surface area contributed by atoms with Gasteiger partial charge in [-0.2, -0.15) is 4.31 Å². The number of rotatable bonds is 9. The predicted octanol–water partition coefficient (Wildman–Crippen LogP) is 1.59. The molecule has 0 fully saturated rings. The fraction of sp³-hybridized carbons (Fsp3) is 0.600. The molecule has 0 spiro atoms. The van der Waals surface area contributed by atoms with Crippen LogP contribution in [0.2, 0.25) is 0 Å². The van der Waals surface area contributed by atoms with Crippen molar-refractivity contribution in [2.75, 3.05) is 27.3 Å². The van der Waals surface area contributed by atoms with Crippen LogP contribution in [0.15, 0.2) is 24.3 Å². The Morgan fingerprint density at radius 3 is 2.52 bits per heavy atom. The summed E-state index contributed by atoms with van der Waals surface area (Å²) < 4.78 is 31.6. The first-order valence-corrected chi connectivity index (χ1v) is 8.72. The van der Waals surface area contributed by atoms with Gasteiger partial charge in [0.25, 0.3) is 0 Å². The summed E-state index contributed by atoms with van der Waals surface area (Å²) >= 11 is 0. The van der Waals surface area contributed by atoms with Gasteiger partial charge in [-0.1, -0.05) is 24.3 Å². The molecule has 0 aliphatic carbocycles. The van der Waals surface area contributed by atoms with Crippen molar-refractivity contribution >= 4 is 10.0 Å². The molecule has 6 heteroatoms. The molecule has 1 N–H and O–H groups in total. The number of nitrogens with one attached hydrogen (secondary N) is 1. The van der Waals surface area contributed by atoms with E-state index in [0.717, 1.165) is 17.7 Å². The number of hydrogen-bond donors (Lipinski definition) is 1. The first kappa shape index (κ1) is 18.1. The van der Waals surface area contributed by atoms with Crippen molar-refractivity contribution in [3.8, 4) is 0 Å². The summed E-state index contributed by atoms with van der Waals surface area (Å²) in [6.07, 6.45) is 0. The molecular weight excluding hydrogens is 288 g/mol. The Kier molecular flexibility index (Phi) is 7.31. The van der Waals surface area contributed by atoms with Crippen LogP contribution in [0.25, 0.3) is 0 Å². The van der Waals surface area contributed by atoms with Crippen molar-refractivity contribution in [2.24, 2.45) is 0 Å². The molecule has 0 amide bonds. The monoisotopic (exact) mass is 314 g/mol. The van der Waals surface area contributed by atoms with Gasteiger partial charge < -0.3 is 10.1 Å². The lowest BCUT2D eigenvalue weighted by molar-refractivity contribution is 0.171. The smallest absolute Gasteiger partial charge is 0.218 e. The SMILES string of the molecule is CNCc1cccc(CS(=O)(=O)N(CCOC)C(C)C)c1. The third-order valence-corrected chi connectivity index (χ3v) is 5.19. The van der Waals surface area contributed by atoms with Gasteiger partial charge in [0.1, 0.15) is 0 Å². The van der Waals surface area contributed by atoms with Crippen LogP contribution >= 0.6 is 0 Å². The number of sulfonamides is 1. The van der Waals surface area contributed by atoms with Crippen LogP contribution in [0.5, 0.6) is 0 Å². The van der Waals surface area contributed by atoms with Crippen LogP contribution in [0.4, 0.5) is 0 Å². The van der Waals surface area contributed by atoms with E-state index < -0.39 is 10.0 Å². The molecule has 21 heavy (non-hydrogen) atoms. The van der Waals surface area contributed by atoms with Crippen LogP contribution < -0.4 is 5.32 Å². The average molecular weight is 314 g/mol. The van der Waals surface area contributed by atoms with Gasteiger partial charge in [0, 0.05) is 26.2 Å². The number of methoxy groups -OCH3 is 1. The van der Waals surface area contributed by atoms with Crippen LogP contribution in [0.1, 0.15) is 25.0 Å². The Balaban J connectivity index is 2.89. The van der Waals surface area contributed by atoms with Gasteiger partial charge in [-0.15, -0.1) is 0 Å². The first-order chi connectivity index (χ1) is 9.90. The molecule has 0 saturated heterocycles. The van der Waals surface area contributed by atoms with Crippen molar-refractivity contribution in [2.45, 2.75) is 32.2 Å². The molecule has 0 bridgehead atoms. The molecule has 0 aliphatic rings. The molecule has 0 aromatic heterocycles. The van der Waals surface area contributed by atoms with Gasteiger partial charge in [-0.05, 0) is 32.0 Å². The third-order valence-electron chi connectivity index (χ3n) is 3.17. The quantitative estimate of drug-likeness (QED) is 0.752. The van der Waals surface area contributed by atoms with Crippen LogP contribution in [-0.2, 0) is 27.1 Å². The van der Waals surface area contributed by atoms with E-state index in [-0.39, 0.29) is 11.8 Å². The predicted molar refractivity (Wildman–Crippen MR) is 85.5 cm³/mol. The number of hydrogen-bond acceptors (Lipinski definition) is 4. The molecule has 5 nitrogen and oxygen atoms in total. The van der Waals surface area contributed by atoms with E-state index in [1.165, 1.54) is 4.31 Å². The second-order valence-corrected chi connectivity index (χ2v) is 7.23. The van der Waals surface area contributed by atoms with Gasteiger partial charge in [0.15, 0.2) is 0 Å². The van der Waals surface area contributed by atoms with Gasteiger partial charge in [0.05, 0.1) is 12.4 Å². The highest BCUT2D eigenvalue weighted by Crippen LogP contribution is 2.15. The Hall–Kier alpha value is -0.950. The maximum atomic E-state index is 12.6. The van der Waals surface area contributed by atoms with E-state index in [9.17, 15) is 8.42 Å². The number of benzene rings is 1. The second kappa shape index (κ2) is 8.48. The van der Waals surface area contributed by atoms with E-state index in [2.05, 4.69) is 5.32 Å². The molecule has 0 unspecified atom stereocenters. The normalized spacial score (nSPS) is 12.3. The van der Waals surface area contributed by atoms with Crippen molar-refractivity contribution < 1.29 is 13.2 Å². The van der Waals surface area contributed by atoms with Crippen molar-refractivity contribution in [3.63, 3.8) is 0 Å². The molecule has 0 aliphatic heterocycles. The Bertz CT molecular complexity index is 529. The molecule has 0 radical (unpaired) electrons. The second-order valence-electron chi connectivity index (χ2n) is 5.30. The number of nitrogens with zero attached hydrogens (tertiary/aromatic N) is 1. The lowest BCUT2D eigenvalue weighted by atomic mass is 10.1. The highest BCUT2D eigenvalue weighted by atomic mass is 32.2. The Morgan fingerprint density at radius 1 is 1.29 bits per heavy atom. The highest BCUT2D eigenvalue weighted by molar-refractivity contribution is 7.88. The zero-order valence-corrected chi connectivity index (χ0v) is 14.1. The Morgan fingerprint density at radius 2 is 1.95 bits per heavy atom. The zero-order chi connectivity index (χ0) is 15.9. The molecule has 1 rings (SSSR count). The minimum Gasteiger partial charge on any atom is -0.383 e. The molecule has 0 saturated carbocycles.